The summed E-state index contributed by atoms with van der Waals surface area (Å²) in [5.41, 5.74) is 4.86. The average Bonchev–Trinajstić information content (AvgIpc) is 2.82. The fourth-order valence-electron chi connectivity index (χ4n) is 4.50. The number of pyridine rings is 3. The zero-order valence-electron chi connectivity index (χ0n) is 19.6. The van der Waals surface area contributed by atoms with Crippen molar-refractivity contribution >= 4 is 22.6 Å². The second-order valence-electron chi connectivity index (χ2n) is 9.13. The highest BCUT2D eigenvalue weighted by Crippen LogP contribution is 2.21. The number of rotatable bonds is 6. The topological polar surface area (TPSA) is 103 Å². The summed E-state index contributed by atoms with van der Waals surface area (Å²) >= 11 is 0. The van der Waals surface area contributed by atoms with E-state index in [1.165, 1.54) is 0 Å². The molecule has 0 saturated carbocycles. The highest BCUT2D eigenvalue weighted by Gasteiger charge is 2.25. The van der Waals surface area contributed by atoms with E-state index in [1.807, 2.05) is 31.3 Å². The summed E-state index contributed by atoms with van der Waals surface area (Å²) in [6, 6.07) is 8.08. The van der Waals surface area contributed by atoms with Crippen LogP contribution >= 0.6 is 0 Å². The SMILES string of the molecule is CCc1cc2ncc(CN3CCN(c4ccc(C(=O)NC5COC5)nc4)C[C@@H]3C)cc2[nH]c1=O. The molecule has 2 N–H and O–H groups in total. The first kappa shape index (κ1) is 22.5. The molecule has 5 heterocycles. The fraction of sp³-hybridized carbons (Fsp3) is 0.440. The molecule has 34 heavy (non-hydrogen) atoms. The van der Waals surface area contributed by atoms with Crippen LogP contribution in [0.4, 0.5) is 5.69 Å². The van der Waals surface area contributed by atoms with Crippen LogP contribution in [0.1, 0.15) is 35.5 Å². The van der Waals surface area contributed by atoms with Gasteiger partial charge in [0.05, 0.1) is 42.2 Å². The standard InChI is InChI=1S/C25H30N6O3/c1-3-18-9-22-23(29-24(18)32)8-17(10-26-22)13-30-6-7-31(12-16(30)2)20-4-5-21(27-11-20)25(33)28-19-14-34-15-19/h4-5,8-11,16,19H,3,6-7,12-15H2,1-2H3,(H,28,33)(H,29,32)/t16-/m0/s1. The summed E-state index contributed by atoms with van der Waals surface area (Å²) in [7, 11) is 0. The Morgan fingerprint density at radius 3 is 2.74 bits per heavy atom. The van der Waals surface area contributed by atoms with Crippen molar-refractivity contribution in [3.05, 3.63) is 63.8 Å². The van der Waals surface area contributed by atoms with Crippen LogP contribution in [0.15, 0.2) is 41.5 Å². The molecule has 2 fully saturated rings. The molecule has 0 spiro atoms. The van der Waals surface area contributed by atoms with Crippen LogP contribution in [0, 0.1) is 0 Å². The molecule has 0 aromatic carbocycles. The van der Waals surface area contributed by atoms with Crippen molar-refractivity contribution < 1.29 is 9.53 Å². The summed E-state index contributed by atoms with van der Waals surface area (Å²) in [5.74, 6) is -0.158. The van der Waals surface area contributed by atoms with E-state index in [2.05, 4.69) is 37.0 Å². The molecular formula is C25H30N6O3. The number of nitrogens with one attached hydrogen (secondary N) is 2. The zero-order valence-corrected chi connectivity index (χ0v) is 19.6. The number of aromatic nitrogens is 3. The Morgan fingerprint density at radius 1 is 1.21 bits per heavy atom. The van der Waals surface area contributed by atoms with Gasteiger partial charge in [0.1, 0.15) is 5.69 Å². The number of aromatic amines is 1. The van der Waals surface area contributed by atoms with Gasteiger partial charge in [-0.1, -0.05) is 6.92 Å². The number of nitrogens with zero attached hydrogens (tertiary/aromatic N) is 4. The van der Waals surface area contributed by atoms with Crippen molar-refractivity contribution in [1.82, 2.24) is 25.2 Å². The molecule has 1 amide bonds. The molecule has 9 heteroatoms. The van der Waals surface area contributed by atoms with Crippen LogP contribution in [0.5, 0.6) is 0 Å². The lowest BCUT2D eigenvalue weighted by atomic mass is 10.1. The monoisotopic (exact) mass is 462 g/mol. The summed E-state index contributed by atoms with van der Waals surface area (Å²) in [5, 5.41) is 2.92. The Morgan fingerprint density at radius 2 is 2.06 bits per heavy atom. The molecule has 2 aliphatic rings. The first-order valence-electron chi connectivity index (χ1n) is 11.8. The average molecular weight is 463 g/mol. The predicted octanol–water partition coefficient (Wildman–Crippen LogP) is 1.72. The quantitative estimate of drug-likeness (QED) is 0.575. The van der Waals surface area contributed by atoms with Crippen molar-refractivity contribution in [2.24, 2.45) is 0 Å². The van der Waals surface area contributed by atoms with Gasteiger partial charge < -0.3 is 19.9 Å². The van der Waals surface area contributed by atoms with Gasteiger partial charge in [-0.3, -0.25) is 19.5 Å². The van der Waals surface area contributed by atoms with Crippen LogP contribution < -0.4 is 15.8 Å². The lowest BCUT2D eigenvalue weighted by Gasteiger charge is -2.41. The van der Waals surface area contributed by atoms with E-state index in [4.69, 9.17) is 4.74 Å². The first-order chi connectivity index (χ1) is 16.5. The molecule has 0 radical (unpaired) electrons. The van der Waals surface area contributed by atoms with Gasteiger partial charge in [0.25, 0.3) is 11.5 Å². The Kier molecular flexibility index (Phi) is 6.30. The maximum atomic E-state index is 12.3. The van der Waals surface area contributed by atoms with Crippen molar-refractivity contribution in [2.45, 2.75) is 38.9 Å². The predicted molar refractivity (Wildman–Crippen MR) is 130 cm³/mol. The minimum Gasteiger partial charge on any atom is -0.377 e. The summed E-state index contributed by atoms with van der Waals surface area (Å²) in [6.45, 7) is 8.73. The number of amides is 1. The third kappa shape index (κ3) is 4.67. The van der Waals surface area contributed by atoms with Gasteiger partial charge in [-0.15, -0.1) is 0 Å². The van der Waals surface area contributed by atoms with Gasteiger partial charge in [0.15, 0.2) is 0 Å². The Hall–Kier alpha value is -3.30. The Labute approximate surface area is 198 Å². The van der Waals surface area contributed by atoms with Crippen molar-refractivity contribution in [2.75, 3.05) is 37.7 Å². The van der Waals surface area contributed by atoms with Gasteiger partial charge in [-0.2, -0.15) is 0 Å². The smallest absolute Gasteiger partial charge is 0.270 e. The first-order valence-corrected chi connectivity index (χ1v) is 11.8. The lowest BCUT2D eigenvalue weighted by Crippen LogP contribution is -2.51. The van der Waals surface area contributed by atoms with E-state index in [-0.39, 0.29) is 17.5 Å². The molecule has 0 bridgehead atoms. The number of carbonyl (C=O) groups excluding carboxylic acids is 1. The molecule has 3 aromatic rings. The molecule has 3 aromatic heterocycles. The third-order valence-corrected chi connectivity index (χ3v) is 6.68. The molecule has 9 nitrogen and oxygen atoms in total. The number of fused-ring (bicyclic) bond motifs is 1. The normalized spacial score (nSPS) is 19.2. The number of anilines is 1. The molecule has 0 aliphatic carbocycles. The molecular weight excluding hydrogens is 432 g/mol. The van der Waals surface area contributed by atoms with Crippen LogP contribution in [0.25, 0.3) is 11.0 Å². The van der Waals surface area contributed by atoms with Crippen LogP contribution in [-0.4, -0.2) is 70.7 Å². The number of hydrogen-bond donors (Lipinski definition) is 2. The summed E-state index contributed by atoms with van der Waals surface area (Å²) < 4.78 is 5.09. The number of carbonyl (C=O) groups is 1. The molecule has 5 rings (SSSR count). The van der Waals surface area contributed by atoms with Gasteiger partial charge in [0, 0.05) is 44.0 Å². The second-order valence-corrected chi connectivity index (χ2v) is 9.13. The zero-order chi connectivity index (χ0) is 23.7. The Bertz CT molecular complexity index is 1240. The van der Waals surface area contributed by atoms with Crippen molar-refractivity contribution in [1.29, 1.82) is 0 Å². The number of aryl methyl sites for hydroxylation is 1. The number of hydrogen-bond acceptors (Lipinski definition) is 7. The maximum Gasteiger partial charge on any atom is 0.270 e. The van der Waals surface area contributed by atoms with Crippen LogP contribution in [-0.2, 0) is 17.7 Å². The van der Waals surface area contributed by atoms with Gasteiger partial charge >= 0.3 is 0 Å². The largest absolute Gasteiger partial charge is 0.377 e. The minimum atomic E-state index is -0.158. The Balaban J connectivity index is 1.21. The second kappa shape index (κ2) is 9.52. The number of ether oxygens (including phenoxy) is 1. The van der Waals surface area contributed by atoms with E-state index in [1.54, 1.807) is 12.3 Å². The van der Waals surface area contributed by atoms with Crippen molar-refractivity contribution in [3.63, 3.8) is 0 Å². The van der Waals surface area contributed by atoms with E-state index in [0.29, 0.717) is 31.4 Å². The minimum absolute atomic E-state index is 0.0369. The van der Waals surface area contributed by atoms with Crippen LogP contribution in [0.3, 0.4) is 0 Å². The van der Waals surface area contributed by atoms with E-state index in [9.17, 15) is 9.59 Å². The summed E-state index contributed by atoms with van der Waals surface area (Å²) in [6.07, 6.45) is 4.38. The van der Waals surface area contributed by atoms with Crippen molar-refractivity contribution in [3.8, 4) is 0 Å². The highest BCUT2D eigenvalue weighted by molar-refractivity contribution is 5.92. The van der Waals surface area contributed by atoms with Gasteiger partial charge in [0.2, 0.25) is 0 Å². The summed E-state index contributed by atoms with van der Waals surface area (Å²) in [4.78, 5) is 41.1. The van der Waals surface area contributed by atoms with E-state index >= 15 is 0 Å². The van der Waals surface area contributed by atoms with Gasteiger partial charge in [-0.25, -0.2) is 4.98 Å². The van der Waals surface area contributed by atoms with Gasteiger partial charge in [-0.05, 0) is 43.2 Å². The number of piperazine rings is 1. The fourth-order valence-corrected chi connectivity index (χ4v) is 4.50. The molecule has 2 saturated heterocycles. The molecule has 178 valence electrons. The third-order valence-electron chi connectivity index (χ3n) is 6.68. The van der Waals surface area contributed by atoms with E-state index < -0.39 is 0 Å². The van der Waals surface area contributed by atoms with Crippen LogP contribution in [0.2, 0.25) is 0 Å². The van der Waals surface area contributed by atoms with E-state index in [0.717, 1.165) is 54.0 Å². The molecule has 0 unspecified atom stereocenters. The lowest BCUT2D eigenvalue weighted by molar-refractivity contribution is -0.00354. The highest BCUT2D eigenvalue weighted by atomic mass is 16.5. The molecule has 1 atom stereocenters. The molecule has 2 aliphatic heterocycles. The number of H-pyrrole nitrogens is 1. The maximum absolute atomic E-state index is 12.3.